The Kier molecular flexibility index (Phi) is 1.57. The number of carbonyl (C=O) groups excluding carboxylic acids is 1. The van der Waals surface area contributed by atoms with Gasteiger partial charge >= 0.3 is 5.91 Å². The molecule has 5 nitrogen and oxygen atoms in total. The van der Waals surface area contributed by atoms with Crippen LogP contribution >= 0.6 is 0 Å². The number of aromatic nitrogens is 1. The van der Waals surface area contributed by atoms with E-state index in [4.69, 9.17) is 5.53 Å². The summed E-state index contributed by atoms with van der Waals surface area (Å²) in [5.74, 6) is -0.701. The van der Waals surface area contributed by atoms with Crippen LogP contribution in [0.2, 0.25) is 0 Å². The van der Waals surface area contributed by atoms with Gasteiger partial charge in [-0.05, 0) is 6.92 Å². The van der Waals surface area contributed by atoms with E-state index < -0.39 is 5.91 Å². The molecule has 0 saturated carbocycles. The Hall–Kier alpha value is -1.52. The first kappa shape index (κ1) is 6.60. The molecule has 1 heterocycles. The third-order valence-electron chi connectivity index (χ3n) is 0.940. The highest BCUT2D eigenvalue weighted by atomic mass is 16.5. The van der Waals surface area contributed by atoms with Crippen LogP contribution in [-0.2, 0) is 0 Å². The lowest BCUT2D eigenvalue weighted by Crippen LogP contribution is -1.88. The third-order valence-corrected chi connectivity index (χ3v) is 0.940. The van der Waals surface area contributed by atoms with E-state index in [0.717, 1.165) is 0 Å². The van der Waals surface area contributed by atoms with Gasteiger partial charge in [0.15, 0.2) is 0 Å². The molecule has 0 atom stereocenters. The van der Waals surface area contributed by atoms with E-state index in [1.165, 1.54) is 6.07 Å². The molecule has 0 unspecified atom stereocenters. The Morgan fingerprint density at radius 2 is 2.60 bits per heavy atom. The van der Waals surface area contributed by atoms with Gasteiger partial charge in [0.2, 0.25) is 5.76 Å². The maximum Gasteiger partial charge on any atom is 0.333 e. The average molecular weight is 139 g/mol. The fourth-order valence-electron chi connectivity index (χ4n) is 0.519. The Bertz CT molecular complexity index is 266. The molecule has 1 aromatic rings. The molecule has 0 aliphatic heterocycles. The van der Waals surface area contributed by atoms with Crippen LogP contribution in [-0.4, -0.2) is 11.1 Å². The summed E-state index contributed by atoms with van der Waals surface area (Å²) in [6.45, 7) is 1.68. The summed E-state index contributed by atoms with van der Waals surface area (Å²) in [5.41, 5.74) is 6.95. The molecule has 5 heteroatoms. The Morgan fingerprint density at radius 3 is 3.00 bits per heavy atom. The second-order valence-corrected chi connectivity index (χ2v) is 1.75. The monoisotopic (exact) mass is 139 g/mol. The molecular formula is C5H5N3O2. The third kappa shape index (κ3) is 1.07. The van der Waals surface area contributed by atoms with Crippen molar-refractivity contribution in [1.29, 1.82) is 5.53 Å². The van der Waals surface area contributed by atoms with Crippen molar-refractivity contribution in [3.8, 4) is 0 Å². The Labute approximate surface area is 56.5 Å². The molecule has 1 rings (SSSR count). The number of hydrogen-bond acceptors (Lipinski definition) is 4. The number of nitrogens with one attached hydrogen (secondary N) is 1. The van der Waals surface area contributed by atoms with Crippen molar-refractivity contribution in [2.75, 3.05) is 0 Å². The highest BCUT2D eigenvalue weighted by Crippen LogP contribution is 2.02. The molecule has 0 radical (unpaired) electrons. The molecular weight excluding hydrogens is 134 g/mol. The molecule has 0 aliphatic carbocycles. The van der Waals surface area contributed by atoms with Crippen LogP contribution in [0.5, 0.6) is 0 Å². The second kappa shape index (κ2) is 2.38. The van der Waals surface area contributed by atoms with Crippen molar-refractivity contribution in [2.45, 2.75) is 6.92 Å². The summed E-state index contributed by atoms with van der Waals surface area (Å²) >= 11 is 0. The van der Waals surface area contributed by atoms with E-state index in [1.54, 1.807) is 6.92 Å². The predicted octanol–water partition coefficient (Wildman–Crippen LogP) is 1.15. The molecule has 10 heavy (non-hydrogen) atoms. The highest BCUT2D eigenvalue weighted by molar-refractivity contribution is 5.91. The van der Waals surface area contributed by atoms with Crippen molar-refractivity contribution in [2.24, 2.45) is 5.11 Å². The summed E-state index contributed by atoms with van der Waals surface area (Å²) in [7, 11) is 0. The van der Waals surface area contributed by atoms with E-state index in [0.29, 0.717) is 5.69 Å². The zero-order valence-corrected chi connectivity index (χ0v) is 5.29. The molecule has 1 amide bonds. The van der Waals surface area contributed by atoms with Gasteiger partial charge in [0.25, 0.3) is 0 Å². The number of nitrogens with zero attached hydrogens (tertiary/aromatic N) is 2. The van der Waals surface area contributed by atoms with Crippen LogP contribution in [0.1, 0.15) is 16.2 Å². The van der Waals surface area contributed by atoms with Gasteiger partial charge in [-0.1, -0.05) is 5.16 Å². The number of amides is 1. The van der Waals surface area contributed by atoms with E-state index in [9.17, 15) is 4.79 Å². The minimum absolute atomic E-state index is 0.00694. The lowest BCUT2D eigenvalue weighted by Gasteiger charge is -1.77. The van der Waals surface area contributed by atoms with Crippen molar-refractivity contribution in [3.05, 3.63) is 17.5 Å². The first-order valence-electron chi connectivity index (χ1n) is 2.59. The van der Waals surface area contributed by atoms with Gasteiger partial charge in [-0.25, -0.2) is 5.53 Å². The largest absolute Gasteiger partial charge is 0.351 e. The first-order chi connectivity index (χ1) is 4.74. The van der Waals surface area contributed by atoms with Gasteiger partial charge < -0.3 is 4.52 Å². The van der Waals surface area contributed by atoms with Crippen molar-refractivity contribution >= 4 is 5.91 Å². The van der Waals surface area contributed by atoms with Crippen LogP contribution < -0.4 is 0 Å². The van der Waals surface area contributed by atoms with E-state index in [2.05, 4.69) is 14.8 Å². The summed E-state index contributed by atoms with van der Waals surface area (Å²) in [4.78, 5) is 10.5. The summed E-state index contributed by atoms with van der Waals surface area (Å²) < 4.78 is 4.50. The van der Waals surface area contributed by atoms with E-state index in [1.807, 2.05) is 0 Å². The lowest BCUT2D eigenvalue weighted by atomic mass is 10.4. The van der Waals surface area contributed by atoms with E-state index >= 15 is 0 Å². The second-order valence-electron chi connectivity index (χ2n) is 1.75. The number of hydrogen-bond donors (Lipinski definition) is 1. The molecule has 0 bridgehead atoms. The average Bonchev–Trinajstić information content (AvgIpc) is 2.34. The van der Waals surface area contributed by atoms with Crippen LogP contribution in [0.4, 0.5) is 0 Å². The normalized spacial score (nSPS) is 9.30. The number of aryl methyl sites for hydroxylation is 1. The van der Waals surface area contributed by atoms with Gasteiger partial charge in [-0.15, -0.1) is 5.11 Å². The molecule has 0 saturated heterocycles. The molecule has 1 N–H and O–H groups in total. The maximum atomic E-state index is 10.5. The van der Waals surface area contributed by atoms with Gasteiger partial charge in [-0.3, -0.25) is 4.79 Å². The van der Waals surface area contributed by atoms with Crippen LogP contribution in [0.25, 0.3) is 0 Å². The van der Waals surface area contributed by atoms with Gasteiger partial charge in [-0.2, -0.15) is 0 Å². The minimum Gasteiger partial charge on any atom is -0.351 e. The smallest absolute Gasteiger partial charge is 0.333 e. The Morgan fingerprint density at radius 1 is 1.90 bits per heavy atom. The molecule has 1 aromatic heterocycles. The van der Waals surface area contributed by atoms with Gasteiger partial charge in [0, 0.05) is 6.07 Å². The zero-order chi connectivity index (χ0) is 7.56. The number of rotatable bonds is 1. The highest BCUT2D eigenvalue weighted by Gasteiger charge is 2.08. The van der Waals surface area contributed by atoms with Crippen LogP contribution in [0.15, 0.2) is 15.7 Å². The maximum absolute atomic E-state index is 10.5. The molecule has 0 spiro atoms. The standard InChI is InChI=1S/C5H5N3O2/c1-3-2-4(10-8-3)5(9)7-6/h2,6H,1H3. The van der Waals surface area contributed by atoms with Crippen molar-refractivity contribution in [3.63, 3.8) is 0 Å². The predicted molar refractivity (Wildman–Crippen MR) is 30.7 cm³/mol. The fraction of sp³-hybridized carbons (Fsp3) is 0.200. The fourth-order valence-corrected chi connectivity index (χ4v) is 0.519. The quantitative estimate of drug-likeness (QED) is 0.592. The summed E-state index contributed by atoms with van der Waals surface area (Å²) in [6, 6.07) is 1.43. The minimum atomic E-state index is -0.708. The summed E-state index contributed by atoms with van der Waals surface area (Å²) in [6.07, 6.45) is 0. The molecule has 0 fully saturated rings. The van der Waals surface area contributed by atoms with Gasteiger partial charge in [0.05, 0.1) is 5.69 Å². The topological polar surface area (TPSA) is 79.3 Å². The zero-order valence-electron chi connectivity index (χ0n) is 5.29. The Balaban J connectivity index is 2.95. The SMILES string of the molecule is Cc1cc(C(=O)N=N)on1. The van der Waals surface area contributed by atoms with Crippen molar-refractivity contribution < 1.29 is 9.32 Å². The van der Waals surface area contributed by atoms with Gasteiger partial charge in [0.1, 0.15) is 0 Å². The lowest BCUT2D eigenvalue weighted by molar-refractivity contribution is 0.0955. The molecule has 0 aliphatic rings. The number of carbonyl (C=O) groups is 1. The molecule has 0 aromatic carbocycles. The molecule has 52 valence electrons. The first-order valence-corrected chi connectivity index (χ1v) is 2.59. The van der Waals surface area contributed by atoms with Crippen LogP contribution in [0, 0.1) is 12.5 Å². The van der Waals surface area contributed by atoms with E-state index in [-0.39, 0.29) is 5.76 Å². The van der Waals surface area contributed by atoms with Crippen molar-refractivity contribution in [1.82, 2.24) is 5.16 Å². The van der Waals surface area contributed by atoms with Crippen LogP contribution in [0.3, 0.4) is 0 Å². The summed E-state index contributed by atoms with van der Waals surface area (Å²) in [5, 5.41) is 6.10.